The quantitative estimate of drug-likeness (QED) is 0.715. The van der Waals surface area contributed by atoms with Gasteiger partial charge in [-0.3, -0.25) is 9.59 Å². The summed E-state index contributed by atoms with van der Waals surface area (Å²) < 4.78 is 5.09. The van der Waals surface area contributed by atoms with Crippen molar-refractivity contribution in [3.05, 3.63) is 34.9 Å². The van der Waals surface area contributed by atoms with E-state index < -0.39 is 0 Å². The summed E-state index contributed by atoms with van der Waals surface area (Å²) in [5.41, 5.74) is 1.11. The predicted molar refractivity (Wildman–Crippen MR) is 93.1 cm³/mol. The molecule has 1 saturated heterocycles. The standard InChI is InChI=1S/C18H25ClN2O3/c1-2-24-18(23)15-6-4-10-21(12-15)13-17(22)20-9-8-14-5-3-7-16(19)11-14/h3,5,7,11,15H,2,4,6,8-10,12-13H2,1H3,(H,20,22)/p+1/t15-/m1/s1. The van der Waals surface area contributed by atoms with E-state index in [0.717, 1.165) is 36.3 Å². The maximum Gasteiger partial charge on any atom is 0.314 e. The van der Waals surface area contributed by atoms with Crippen molar-refractivity contribution >= 4 is 23.5 Å². The van der Waals surface area contributed by atoms with E-state index in [1.54, 1.807) is 0 Å². The van der Waals surface area contributed by atoms with Gasteiger partial charge in [0, 0.05) is 11.6 Å². The van der Waals surface area contributed by atoms with Gasteiger partial charge >= 0.3 is 5.97 Å². The fourth-order valence-corrected chi connectivity index (χ4v) is 3.31. The van der Waals surface area contributed by atoms with Crippen molar-refractivity contribution in [2.45, 2.75) is 26.2 Å². The summed E-state index contributed by atoms with van der Waals surface area (Å²) in [5.74, 6) is -0.180. The molecule has 0 saturated carbocycles. The number of amides is 1. The molecule has 6 heteroatoms. The van der Waals surface area contributed by atoms with Gasteiger partial charge in [-0.2, -0.15) is 0 Å². The lowest BCUT2D eigenvalue weighted by Crippen LogP contribution is -3.14. The monoisotopic (exact) mass is 353 g/mol. The second kappa shape index (κ2) is 9.64. The molecule has 0 bridgehead atoms. The van der Waals surface area contributed by atoms with Crippen molar-refractivity contribution in [3.63, 3.8) is 0 Å². The number of rotatable bonds is 7. The molecule has 1 heterocycles. The molecule has 0 aromatic heterocycles. The highest BCUT2D eigenvalue weighted by Crippen LogP contribution is 2.11. The van der Waals surface area contributed by atoms with Crippen LogP contribution in [0.15, 0.2) is 24.3 Å². The largest absolute Gasteiger partial charge is 0.466 e. The zero-order valence-electron chi connectivity index (χ0n) is 14.1. The van der Waals surface area contributed by atoms with Crippen LogP contribution in [0.3, 0.4) is 0 Å². The van der Waals surface area contributed by atoms with Crippen LogP contribution in [0, 0.1) is 5.92 Å². The number of carbonyl (C=O) groups excluding carboxylic acids is 2. The minimum absolute atomic E-state index is 0.0246. The number of quaternary nitrogens is 1. The summed E-state index contributed by atoms with van der Waals surface area (Å²) in [7, 11) is 0. The van der Waals surface area contributed by atoms with E-state index in [1.165, 1.54) is 0 Å². The second-order valence-corrected chi connectivity index (χ2v) is 6.64. The molecule has 2 atom stereocenters. The SMILES string of the molecule is CCOC(=O)[C@@H]1CCC[NH+](CC(=O)NCCc2cccc(Cl)c2)C1. The van der Waals surface area contributed by atoms with Gasteiger partial charge in [0.15, 0.2) is 6.54 Å². The Morgan fingerprint density at radius 3 is 3.00 bits per heavy atom. The number of carbonyl (C=O) groups is 2. The molecular formula is C18H26ClN2O3+. The molecule has 1 aromatic carbocycles. The number of likely N-dealkylation sites (tertiary alicyclic amines) is 1. The number of piperidine rings is 1. The van der Waals surface area contributed by atoms with Crippen LogP contribution in [0.2, 0.25) is 5.02 Å². The van der Waals surface area contributed by atoms with Gasteiger partial charge in [-0.25, -0.2) is 0 Å². The Morgan fingerprint density at radius 2 is 2.25 bits per heavy atom. The lowest BCUT2D eigenvalue weighted by atomic mass is 9.98. The number of nitrogens with one attached hydrogen (secondary N) is 2. The van der Waals surface area contributed by atoms with Gasteiger partial charge in [-0.05, 0) is 43.9 Å². The number of halogens is 1. The summed E-state index contributed by atoms with van der Waals surface area (Å²) in [6.07, 6.45) is 2.57. The summed E-state index contributed by atoms with van der Waals surface area (Å²) >= 11 is 5.95. The molecule has 2 rings (SSSR count). The highest BCUT2D eigenvalue weighted by atomic mass is 35.5. The minimum atomic E-state index is -0.129. The van der Waals surface area contributed by atoms with Crippen molar-refractivity contribution in [1.82, 2.24) is 5.32 Å². The first kappa shape index (κ1) is 18.7. The molecule has 132 valence electrons. The fourth-order valence-electron chi connectivity index (χ4n) is 3.10. The Kier molecular flexibility index (Phi) is 7.53. The number of hydrogen-bond acceptors (Lipinski definition) is 3. The molecule has 2 N–H and O–H groups in total. The lowest BCUT2D eigenvalue weighted by molar-refractivity contribution is -0.899. The molecule has 1 unspecified atom stereocenters. The Morgan fingerprint density at radius 1 is 1.42 bits per heavy atom. The summed E-state index contributed by atoms with van der Waals surface area (Å²) in [5, 5.41) is 3.66. The highest BCUT2D eigenvalue weighted by molar-refractivity contribution is 6.30. The van der Waals surface area contributed by atoms with Gasteiger partial charge in [0.25, 0.3) is 5.91 Å². The van der Waals surface area contributed by atoms with E-state index in [0.29, 0.717) is 31.3 Å². The van der Waals surface area contributed by atoms with E-state index in [2.05, 4.69) is 5.32 Å². The van der Waals surface area contributed by atoms with Crippen LogP contribution in [0.25, 0.3) is 0 Å². The zero-order valence-corrected chi connectivity index (χ0v) is 14.9. The fraction of sp³-hybridized carbons (Fsp3) is 0.556. The minimum Gasteiger partial charge on any atom is -0.466 e. The molecule has 0 radical (unpaired) electrons. The van der Waals surface area contributed by atoms with Gasteiger partial charge in [-0.15, -0.1) is 0 Å². The average Bonchev–Trinajstić information content (AvgIpc) is 2.55. The third-order valence-corrected chi connectivity index (χ3v) is 4.51. The number of hydrogen-bond donors (Lipinski definition) is 2. The van der Waals surface area contributed by atoms with Crippen molar-refractivity contribution in [3.8, 4) is 0 Å². The molecule has 5 nitrogen and oxygen atoms in total. The van der Waals surface area contributed by atoms with Crippen molar-refractivity contribution < 1.29 is 19.2 Å². The number of ether oxygens (including phenoxy) is 1. The number of esters is 1. The van der Waals surface area contributed by atoms with Crippen molar-refractivity contribution in [2.75, 3.05) is 32.8 Å². The molecule has 1 fully saturated rings. The second-order valence-electron chi connectivity index (χ2n) is 6.20. The third-order valence-electron chi connectivity index (χ3n) is 4.27. The molecule has 1 aliphatic heterocycles. The summed E-state index contributed by atoms with van der Waals surface area (Å²) in [4.78, 5) is 25.1. The first-order valence-electron chi connectivity index (χ1n) is 8.59. The van der Waals surface area contributed by atoms with Crippen molar-refractivity contribution in [1.29, 1.82) is 0 Å². The van der Waals surface area contributed by atoms with E-state index in [4.69, 9.17) is 16.3 Å². The van der Waals surface area contributed by atoms with Gasteiger partial charge in [0.1, 0.15) is 5.92 Å². The smallest absolute Gasteiger partial charge is 0.314 e. The molecule has 1 aliphatic rings. The van der Waals surface area contributed by atoms with Gasteiger partial charge in [0.05, 0.1) is 19.7 Å². The maximum atomic E-state index is 12.1. The molecular weight excluding hydrogens is 328 g/mol. The van der Waals surface area contributed by atoms with E-state index in [1.807, 2.05) is 31.2 Å². The Labute approximate surface area is 148 Å². The van der Waals surface area contributed by atoms with Crippen LogP contribution in [0.4, 0.5) is 0 Å². The summed E-state index contributed by atoms with van der Waals surface area (Å²) in [6, 6.07) is 7.65. The predicted octanol–water partition coefficient (Wildman–Crippen LogP) is 0.857. The molecule has 0 spiro atoms. The molecule has 1 amide bonds. The van der Waals surface area contributed by atoms with Crippen LogP contribution < -0.4 is 10.2 Å². The molecule has 0 aliphatic carbocycles. The van der Waals surface area contributed by atoms with Gasteiger partial charge in [0.2, 0.25) is 0 Å². The topological polar surface area (TPSA) is 59.8 Å². The van der Waals surface area contributed by atoms with E-state index in [9.17, 15) is 9.59 Å². The number of benzene rings is 1. The zero-order chi connectivity index (χ0) is 17.4. The summed E-state index contributed by atoms with van der Waals surface area (Å²) in [6.45, 7) is 4.84. The normalized spacial score (nSPS) is 20.4. The first-order valence-corrected chi connectivity index (χ1v) is 8.97. The Balaban J connectivity index is 1.70. The molecule has 24 heavy (non-hydrogen) atoms. The first-order chi connectivity index (χ1) is 11.6. The Hall–Kier alpha value is -1.59. The van der Waals surface area contributed by atoms with E-state index in [-0.39, 0.29) is 17.8 Å². The van der Waals surface area contributed by atoms with Crippen molar-refractivity contribution in [2.24, 2.45) is 5.92 Å². The van der Waals surface area contributed by atoms with Crippen LogP contribution >= 0.6 is 11.6 Å². The maximum absolute atomic E-state index is 12.1. The van der Waals surface area contributed by atoms with Gasteiger partial charge in [-0.1, -0.05) is 23.7 Å². The van der Waals surface area contributed by atoms with Crippen LogP contribution in [0.1, 0.15) is 25.3 Å². The van der Waals surface area contributed by atoms with E-state index >= 15 is 0 Å². The Bertz CT molecular complexity index is 565. The average molecular weight is 354 g/mol. The van der Waals surface area contributed by atoms with Crippen LogP contribution in [-0.4, -0.2) is 44.7 Å². The lowest BCUT2D eigenvalue weighted by Gasteiger charge is -2.28. The van der Waals surface area contributed by atoms with Crippen LogP contribution in [-0.2, 0) is 20.7 Å². The van der Waals surface area contributed by atoms with Crippen LogP contribution in [0.5, 0.6) is 0 Å². The molecule has 1 aromatic rings. The van der Waals surface area contributed by atoms with Gasteiger partial charge < -0.3 is 15.0 Å². The third kappa shape index (κ3) is 6.13. The highest BCUT2D eigenvalue weighted by Gasteiger charge is 2.30.